The number of allylic oxidation sites excluding steroid dienone is 1. The highest BCUT2D eigenvalue weighted by molar-refractivity contribution is 6.70. The first-order valence-electron chi connectivity index (χ1n) is 6.73. The smallest absolute Gasteiger partial charge is 0.242 e. The van der Waals surface area contributed by atoms with Gasteiger partial charge in [0.25, 0.3) is 0 Å². The number of benzene rings is 2. The molecule has 0 amide bonds. The molecule has 0 N–H and O–H groups in total. The minimum Gasteiger partial charge on any atom is -0.544 e. The molecule has 2 aromatic carbocycles. The average molecular weight is 270 g/mol. The highest BCUT2D eigenvalue weighted by Crippen LogP contribution is 2.30. The molecule has 0 spiro atoms. The number of hydrogen-bond donors (Lipinski definition) is 0. The molecule has 0 aliphatic rings. The Kier molecular flexibility index (Phi) is 3.81. The molecule has 2 heteroatoms. The Balaban J connectivity index is 2.61. The molecule has 0 radical (unpaired) electrons. The van der Waals surface area contributed by atoms with E-state index in [1.54, 1.807) is 0 Å². The Morgan fingerprint density at radius 1 is 0.895 bits per heavy atom. The van der Waals surface area contributed by atoms with Gasteiger partial charge in [0.05, 0.1) is 0 Å². The lowest BCUT2D eigenvalue weighted by atomic mass is 10.0. The van der Waals surface area contributed by atoms with Gasteiger partial charge in [-0.05, 0) is 49.8 Å². The summed E-state index contributed by atoms with van der Waals surface area (Å²) in [5.74, 6) is 1.05. The van der Waals surface area contributed by atoms with E-state index in [-0.39, 0.29) is 0 Å². The van der Waals surface area contributed by atoms with Crippen LogP contribution in [0.2, 0.25) is 19.6 Å². The van der Waals surface area contributed by atoms with Crippen molar-refractivity contribution < 1.29 is 4.43 Å². The van der Waals surface area contributed by atoms with Crippen LogP contribution in [0.5, 0.6) is 0 Å². The van der Waals surface area contributed by atoms with Crippen molar-refractivity contribution in [1.29, 1.82) is 0 Å². The molecule has 0 unspecified atom stereocenters. The van der Waals surface area contributed by atoms with E-state index in [0.29, 0.717) is 0 Å². The van der Waals surface area contributed by atoms with E-state index in [4.69, 9.17) is 4.43 Å². The summed E-state index contributed by atoms with van der Waals surface area (Å²) < 4.78 is 6.31. The normalized spacial score (nSPS) is 11.4. The van der Waals surface area contributed by atoms with Gasteiger partial charge in [0.1, 0.15) is 5.76 Å². The Bertz CT molecular complexity index is 611. The van der Waals surface area contributed by atoms with Crippen molar-refractivity contribution in [3.63, 3.8) is 0 Å². The summed E-state index contributed by atoms with van der Waals surface area (Å²) in [7, 11) is -1.61. The zero-order valence-corrected chi connectivity index (χ0v) is 13.4. The first-order chi connectivity index (χ1) is 8.88. The van der Waals surface area contributed by atoms with Gasteiger partial charge in [0, 0.05) is 5.56 Å². The van der Waals surface area contributed by atoms with Gasteiger partial charge in [0.2, 0.25) is 8.32 Å². The van der Waals surface area contributed by atoms with Gasteiger partial charge in [-0.3, -0.25) is 0 Å². The highest BCUT2D eigenvalue weighted by atomic mass is 28.4. The second-order valence-electron chi connectivity index (χ2n) is 6.07. The third-order valence-corrected chi connectivity index (χ3v) is 3.71. The van der Waals surface area contributed by atoms with Crippen LogP contribution >= 0.6 is 0 Å². The van der Waals surface area contributed by atoms with Crippen molar-refractivity contribution in [2.24, 2.45) is 0 Å². The van der Waals surface area contributed by atoms with Crippen LogP contribution in [-0.4, -0.2) is 8.32 Å². The summed E-state index contributed by atoms with van der Waals surface area (Å²) in [6, 6.07) is 14.9. The second-order valence-corrected chi connectivity index (χ2v) is 10.5. The molecule has 2 aromatic rings. The van der Waals surface area contributed by atoms with Crippen molar-refractivity contribution >= 4 is 24.8 Å². The molecular weight excluding hydrogens is 248 g/mol. The third-order valence-electron chi connectivity index (χ3n) is 2.90. The van der Waals surface area contributed by atoms with Crippen LogP contribution in [0.3, 0.4) is 0 Å². The second kappa shape index (κ2) is 5.22. The minimum atomic E-state index is -1.61. The predicted octanol–water partition coefficient (Wildman–Crippen LogP) is 5.44. The largest absolute Gasteiger partial charge is 0.544 e. The Hall–Kier alpha value is -1.54. The Morgan fingerprint density at radius 3 is 2.16 bits per heavy atom. The molecule has 0 atom stereocenters. The Morgan fingerprint density at radius 2 is 1.53 bits per heavy atom. The van der Waals surface area contributed by atoms with Crippen molar-refractivity contribution in [1.82, 2.24) is 0 Å². The summed E-state index contributed by atoms with van der Waals surface area (Å²) in [4.78, 5) is 0. The predicted molar refractivity (Wildman–Crippen MR) is 86.6 cm³/mol. The monoisotopic (exact) mass is 270 g/mol. The maximum Gasteiger partial charge on any atom is 0.242 e. The van der Waals surface area contributed by atoms with E-state index >= 15 is 0 Å². The maximum atomic E-state index is 6.31. The van der Waals surface area contributed by atoms with E-state index in [0.717, 1.165) is 5.76 Å². The topological polar surface area (TPSA) is 9.23 Å². The molecule has 100 valence electrons. The standard InChI is InChI=1S/C17H22OSi/c1-13(2)17(18-19(3,4)5)16-12-8-10-14-9-6-7-11-15(14)16/h6-12H,1-5H3. The van der Waals surface area contributed by atoms with E-state index in [1.165, 1.54) is 21.9 Å². The lowest BCUT2D eigenvalue weighted by Gasteiger charge is -2.24. The first-order valence-corrected chi connectivity index (χ1v) is 10.1. The molecule has 0 saturated carbocycles. The van der Waals surface area contributed by atoms with Crippen LogP contribution in [0, 0.1) is 0 Å². The van der Waals surface area contributed by atoms with Crippen LogP contribution in [0.4, 0.5) is 0 Å². The van der Waals surface area contributed by atoms with E-state index < -0.39 is 8.32 Å². The van der Waals surface area contributed by atoms with Gasteiger partial charge in [0.15, 0.2) is 0 Å². The van der Waals surface area contributed by atoms with E-state index in [1.807, 2.05) is 0 Å². The van der Waals surface area contributed by atoms with Crippen molar-refractivity contribution in [3.8, 4) is 0 Å². The summed E-state index contributed by atoms with van der Waals surface area (Å²) in [5.41, 5.74) is 2.44. The van der Waals surface area contributed by atoms with Gasteiger partial charge >= 0.3 is 0 Å². The maximum absolute atomic E-state index is 6.31. The van der Waals surface area contributed by atoms with Gasteiger partial charge in [-0.15, -0.1) is 0 Å². The fourth-order valence-electron chi connectivity index (χ4n) is 2.16. The lowest BCUT2D eigenvalue weighted by Crippen LogP contribution is -2.24. The van der Waals surface area contributed by atoms with Crippen LogP contribution in [0.25, 0.3) is 16.5 Å². The zero-order chi connectivity index (χ0) is 14.0. The van der Waals surface area contributed by atoms with E-state index in [9.17, 15) is 0 Å². The minimum absolute atomic E-state index is 1.05. The fraction of sp³-hybridized carbons (Fsp3) is 0.294. The van der Waals surface area contributed by atoms with Gasteiger partial charge in [-0.2, -0.15) is 0 Å². The molecule has 19 heavy (non-hydrogen) atoms. The molecule has 0 fully saturated rings. The first kappa shape index (κ1) is 13.9. The molecule has 0 heterocycles. The molecule has 1 nitrogen and oxygen atoms in total. The van der Waals surface area contributed by atoms with Crippen molar-refractivity contribution in [2.75, 3.05) is 0 Å². The summed E-state index contributed by atoms with van der Waals surface area (Å²) in [6.45, 7) is 10.9. The number of rotatable bonds is 3. The van der Waals surface area contributed by atoms with Crippen LogP contribution in [-0.2, 0) is 4.43 Å². The van der Waals surface area contributed by atoms with Gasteiger partial charge < -0.3 is 4.43 Å². The van der Waals surface area contributed by atoms with E-state index in [2.05, 4.69) is 76.0 Å². The van der Waals surface area contributed by atoms with Gasteiger partial charge in [-0.1, -0.05) is 42.5 Å². The lowest BCUT2D eigenvalue weighted by molar-refractivity contribution is 0.510. The molecule has 0 bridgehead atoms. The summed E-state index contributed by atoms with van der Waals surface area (Å²) in [5, 5.41) is 2.53. The van der Waals surface area contributed by atoms with Crippen LogP contribution in [0.15, 0.2) is 48.0 Å². The average Bonchev–Trinajstić information content (AvgIpc) is 2.34. The molecular formula is C17H22OSi. The fourth-order valence-corrected chi connectivity index (χ4v) is 3.08. The number of hydrogen-bond acceptors (Lipinski definition) is 1. The zero-order valence-electron chi connectivity index (χ0n) is 12.4. The molecule has 0 aliphatic heterocycles. The molecule has 0 aliphatic carbocycles. The Labute approximate surface area is 117 Å². The molecule has 0 aromatic heterocycles. The van der Waals surface area contributed by atoms with Crippen molar-refractivity contribution in [3.05, 3.63) is 53.6 Å². The third kappa shape index (κ3) is 3.27. The van der Waals surface area contributed by atoms with Gasteiger partial charge in [-0.25, -0.2) is 0 Å². The SMILES string of the molecule is CC(C)=C(O[Si](C)(C)C)c1cccc2ccccc12. The highest BCUT2D eigenvalue weighted by Gasteiger charge is 2.20. The summed E-state index contributed by atoms with van der Waals surface area (Å²) in [6.07, 6.45) is 0. The molecule has 2 rings (SSSR count). The molecule has 0 saturated heterocycles. The van der Waals surface area contributed by atoms with Crippen LogP contribution in [0.1, 0.15) is 19.4 Å². The quantitative estimate of drug-likeness (QED) is 0.533. The van der Waals surface area contributed by atoms with Crippen LogP contribution < -0.4 is 0 Å². The number of fused-ring (bicyclic) bond motifs is 1. The van der Waals surface area contributed by atoms with Crippen molar-refractivity contribution in [2.45, 2.75) is 33.5 Å². The summed E-state index contributed by atoms with van der Waals surface area (Å²) >= 11 is 0.